The zero-order valence-electron chi connectivity index (χ0n) is 6.17. The molecule has 1 fully saturated rings. The predicted molar refractivity (Wildman–Crippen MR) is 34.8 cm³/mol. The molecule has 0 saturated carbocycles. The van der Waals surface area contributed by atoms with E-state index in [0.29, 0.717) is 0 Å². The summed E-state index contributed by atoms with van der Waals surface area (Å²) in [6, 6.07) is 0. The summed E-state index contributed by atoms with van der Waals surface area (Å²) in [5.41, 5.74) is 0. The summed E-state index contributed by atoms with van der Waals surface area (Å²) in [6.45, 7) is -0.321. The topological polar surface area (TPSA) is 79.2 Å². The van der Waals surface area contributed by atoms with Crippen molar-refractivity contribution < 1.29 is 24.8 Å². The Kier molecular flexibility index (Phi) is 2.80. The van der Waals surface area contributed by atoms with Gasteiger partial charge in [-0.25, -0.2) is 0 Å². The molecule has 1 rings (SSSR count). The molecule has 0 aliphatic carbocycles. The third-order valence-electron chi connectivity index (χ3n) is 1.76. The molecule has 5 heteroatoms. The standard InChI is InChI=1S/C6H12O5/c1-10-5-4(8)3(2-7)11-6(5)9/h3-9H,2H2,1H3/t3-,4-,5+,6+/m1/s1. The van der Waals surface area contributed by atoms with Crippen molar-refractivity contribution in [1.29, 1.82) is 0 Å². The van der Waals surface area contributed by atoms with Gasteiger partial charge in [-0.05, 0) is 0 Å². The molecule has 0 amide bonds. The number of hydrogen-bond donors (Lipinski definition) is 3. The SMILES string of the molecule is CO[C@H]1[C@H](O)[C@@H](CO)O[C@@H]1O. The number of methoxy groups -OCH3 is 1. The summed E-state index contributed by atoms with van der Waals surface area (Å²) in [6.07, 6.45) is -3.60. The molecule has 66 valence electrons. The van der Waals surface area contributed by atoms with E-state index in [1.165, 1.54) is 7.11 Å². The van der Waals surface area contributed by atoms with Crippen LogP contribution in [-0.2, 0) is 9.47 Å². The van der Waals surface area contributed by atoms with E-state index < -0.39 is 24.6 Å². The highest BCUT2D eigenvalue weighted by molar-refractivity contribution is 4.86. The molecule has 0 aromatic carbocycles. The molecule has 1 aliphatic rings. The van der Waals surface area contributed by atoms with Gasteiger partial charge in [-0.2, -0.15) is 0 Å². The molecule has 0 radical (unpaired) electrons. The molecule has 0 bridgehead atoms. The average Bonchev–Trinajstić information content (AvgIpc) is 2.26. The van der Waals surface area contributed by atoms with Gasteiger partial charge in [0.1, 0.15) is 18.3 Å². The smallest absolute Gasteiger partial charge is 0.184 e. The fraction of sp³-hybridized carbons (Fsp3) is 1.00. The summed E-state index contributed by atoms with van der Waals surface area (Å²) in [4.78, 5) is 0. The van der Waals surface area contributed by atoms with Crippen molar-refractivity contribution in [2.45, 2.75) is 24.6 Å². The van der Waals surface area contributed by atoms with Gasteiger partial charge in [-0.3, -0.25) is 0 Å². The van der Waals surface area contributed by atoms with E-state index in [2.05, 4.69) is 0 Å². The molecule has 1 heterocycles. The van der Waals surface area contributed by atoms with Crippen LogP contribution in [0.1, 0.15) is 0 Å². The second-order valence-electron chi connectivity index (χ2n) is 2.44. The Morgan fingerprint density at radius 3 is 2.36 bits per heavy atom. The van der Waals surface area contributed by atoms with E-state index in [4.69, 9.17) is 19.7 Å². The summed E-state index contributed by atoms with van der Waals surface area (Å²) in [7, 11) is 1.36. The Hall–Kier alpha value is -0.200. The minimum atomic E-state index is -1.15. The Balaban J connectivity index is 2.55. The zero-order chi connectivity index (χ0) is 8.43. The summed E-state index contributed by atoms with van der Waals surface area (Å²) in [5, 5.41) is 26.9. The Morgan fingerprint density at radius 1 is 1.45 bits per heavy atom. The van der Waals surface area contributed by atoms with Gasteiger partial charge < -0.3 is 24.8 Å². The third-order valence-corrected chi connectivity index (χ3v) is 1.76. The molecule has 1 saturated heterocycles. The van der Waals surface area contributed by atoms with Gasteiger partial charge in [-0.15, -0.1) is 0 Å². The first-order valence-corrected chi connectivity index (χ1v) is 3.36. The molecule has 11 heavy (non-hydrogen) atoms. The number of aliphatic hydroxyl groups excluding tert-OH is 3. The second kappa shape index (κ2) is 3.46. The zero-order valence-corrected chi connectivity index (χ0v) is 6.17. The molecule has 0 spiro atoms. The van der Waals surface area contributed by atoms with Crippen LogP contribution in [0, 0.1) is 0 Å². The van der Waals surface area contributed by atoms with Gasteiger partial charge in [0.2, 0.25) is 0 Å². The quantitative estimate of drug-likeness (QED) is 0.443. The van der Waals surface area contributed by atoms with Crippen LogP contribution >= 0.6 is 0 Å². The Labute approximate surface area is 64.2 Å². The maximum Gasteiger partial charge on any atom is 0.184 e. The van der Waals surface area contributed by atoms with E-state index in [1.54, 1.807) is 0 Å². The lowest BCUT2D eigenvalue weighted by molar-refractivity contribution is -0.139. The largest absolute Gasteiger partial charge is 0.394 e. The first-order chi connectivity index (χ1) is 5.20. The van der Waals surface area contributed by atoms with Crippen molar-refractivity contribution in [3.05, 3.63) is 0 Å². The fourth-order valence-corrected chi connectivity index (χ4v) is 1.12. The van der Waals surface area contributed by atoms with Crippen LogP contribution in [0.2, 0.25) is 0 Å². The van der Waals surface area contributed by atoms with Crippen molar-refractivity contribution in [2.24, 2.45) is 0 Å². The van der Waals surface area contributed by atoms with Crippen molar-refractivity contribution in [1.82, 2.24) is 0 Å². The van der Waals surface area contributed by atoms with Crippen LogP contribution in [0.3, 0.4) is 0 Å². The van der Waals surface area contributed by atoms with Crippen LogP contribution in [0.4, 0.5) is 0 Å². The lowest BCUT2D eigenvalue weighted by Crippen LogP contribution is -2.35. The molecular formula is C6H12O5. The first-order valence-electron chi connectivity index (χ1n) is 3.36. The minimum Gasteiger partial charge on any atom is -0.394 e. The molecule has 0 unspecified atom stereocenters. The van der Waals surface area contributed by atoms with Crippen LogP contribution in [0.5, 0.6) is 0 Å². The van der Waals surface area contributed by atoms with Gasteiger partial charge in [-0.1, -0.05) is 0 Å². The molecule has 4 atom stereocenters. The molecular weight excluding hydrogens is 152 g/mol. The predicted octanol–water partition coefficient (Wildman–Crippen LogP) is -1.93. The van der Waals surface area contributed by atoms with Crippen molar-refractivity contribution in [3.63, 3.8) is 0 Å². The lowest BCUT2D eigenvalue weighted by atomic mass is 10.1. The van der Waals surface area contributed by atoms with Crippen LogP contribution in [0.25, 0.3) is 0 Å². The highest BCUT2D eigenvalue weighted by atomic mass is 16.7. The van der Waals surface area contributed by atoms with Crippen LogP contribution in [0.15, 0.2) is 0 Å². The maximum atomic E-state index is 9.25. The molecule has 0 aromatic rings. The minimum absolute atomic E-state index is 0.321. The van der Waals surface area contributed by atoms with Gasteiger partial charge in [0.05, 0.1) is 6.61 Å². The van der Waals surface area contributed by atoms with Crippen LogP contribution in [-0.4, -0.2) is 53.6 Å². The molecule has 1 aliphatic heterocycles. The highest BCUT2D eigenvalue weighted by Gasteiger charge is 2.42. The fourth-order valence-electron chi connectivity index (χ4n) is 1.12. The van der Waals surface area contributed by atoms with E-state index in [1.807, 2.05) is 0 Å². The van der Waals surface area contributed by atoms with Gasteiger partial charge in [0.15, 0.2) is 6.29 Å². The first kappa shape index (κ1) is 8.89. The number of hydrogen-bond acceptors (Lipinski definition) is 5. The number of rotatable bonds is 2. The summed E-state index contributed by atoms with van der Waals surface area (Å²) in [5.74, 6) is 0. The van der Waals surface area contributed by atoms with Crippen molar-refractivity contribution in [3.8, 4) is 0 Å². The Morgan fingerprint density at radius 2 is 2.09 bits per heavy atom. The van der Waals surface area contributed by atoms with Crippen molar-refractivity contribution in [2.75, 3.05) is 13.7 Å². The van der Waals surface area contributed by atoms with Gasteiger partial charge in [0.25, 0.3) is 0 Å². The number of aliphatic hydroxyl groups is 3. The van der Waals surface area contributed by atoms with E-state index in [9.17, 15) is 5.11 Å². The normalized spacial score (nSPS) is 44.7. The van der Waals surface area contributed by atoms with E-state index >= 15 is 0 Å². The number of ether oxygens (including phenoxy) is 2. The molecule has 3 N–H and O–H groups in total. The van der Waals surface area contributed by atoms with Crippen molar-refractivity contribution >= 4 is 0 Å². The summed E-state index contributed by atoms with van der Waals surface area (Å²) >= 11 is 0. The van der Waals surface area contributed by atoms with Crippen LogP contribution < -0.4 is 0 Å². The van der Waals surface area contributed by atoms with Gasteiger partial charge in [0, 0.05) is 7.11 Å². The maximum absolute atomic E-state index is 9.25. The van der Waals surface area contributed by atoms with E-state index in [0.717, 1.165) is 0 Å². The molecule has 0 aromatic heterocycles. The second-order valence-corrected chi connectivity index (χ2v) is 2.44. The summed E-state index contributed by atoms with van der Waals surface area (Å²) < 4.78 is 9.49. The van der Waals surface area contributed by atoms with E-state index in [-0.39, 0.29) is 6.61 Å². The lowest BCUT2D eigenvalue weighted by Gasteiger charge is -2.14. The Bertz CT molecular complexity index is 128. The third kappa shape index (κ3) is 1.52. The highest BCUT2D eigenvalue weighted by Crippen LogP contribution is 2.21. The molecule has 5 nitrogen and oxygen atoms in total. The van der Waals surface area contributed by atoms with Gasteiger partial charge >= 0.3 is 0 Å². The average molecular weight is 164 g/mol. The monoisotopic (exact) mass is 164 g/mol.